The molecule has 1 aromatic carbocycles. The topological polar surface area (TPSA) is 40.5 Å². The van der Waals surface area contributed by atoms with Crippen molar-refractivity contribution in [1.29, 1.82) is 0 Å². The summed E-state index contributed by atoms with van der Waals surface area (Å²) in [5, 5.41) is 19.2. The molecule has 0 aliphatic carbocycles. The number of hydrogen-bond donors (Lipinski definition) is 2. The maximum Gasteiger partial charge on any atom is 0.0936 e. The van der Waals surface area contributed by atoms with Crippen LogP contribution in [-0.4, -0.2) is 16.8 Å². The molecule has 1 rings (SSSR count). The summed E-state index contributed by atoms with van der Waals surface area (Å²) in [5.41, 5.74) is 0.868. The van der Waals surface area contributed by atoms with Crippen LogP contribution in [0.5, 0.6) is 0 Å². The van der Waals surface area contributed by atoms with Gasteiger partial charge in [0.1, 0.15) is 0 Å². The van der Waals surface area contributed by atoms with Crippen LogP contribution in [0, 0.1) is 17.8 Å². The zero-order valence-electron chi connectivity index (χ0n) is 11.4. The molecule has 0 aliphatic rings. The molecule has 1 atom stereocenters. The summed E-state index contributed by atoms with van der Waals surface area (Å²) in [7, 11) is 0. The van der Waals surface area contributed by atoms with Crippen molar-refractivity contribution in [1.82, 2.24) is 0 Å². The van der Waals surface area contributed by atoms with Gasteiger partial charge in [-0.2, -0.15) is 0 Å². The molecule has 99 valence electrons. The second kappa shape index (κ2) is 6.60. The summed E-state index contributed by atoms with van der Waals surface area (Å²) < 4.78 is 0. The SMILES string of the molecule is CC(C)(C)/C(O)=C/CC([CH]c1ccccc1)CO. The molecule has 1 radical (unpaired) electrons. The van der Waals surface area contributed by atoms with Crippen LogP contribution in [0.3, 0.4) is 0 Å². The highest BCUT2D eigenvalue weighted by Crippen LogP contribution is 2.24. The first-order valence-corrected chi connectivity index (χ1v) is 6.34. The van der Waals surface area contributed by atoms with Gasteiger partial charge in [0, 0.05) is 12.0 Å². The largest absolute Gasteiger partial charge is 0.512 e. The Morgan fingerprint density at radius 2 is 1.83 bits per heavy atom. The highest BCUT2D eigenvalue weighted by atomic mass is 16.3. The maximum absolute atomic E-state index is 9.86. The Morgan fingerprint density at radius 1 is 1.22 bits per heavy atom. The fourth-order valence-electron chi connectivity index (χ4n) is 1.60. The van der Waals surface area contributed by atoms with Crippen molar-refractivity contribution in [2.45, 2.75) is 27.2 Å². The number of benzene rings is 1. The monoisotopic (exact) mass is 247 g/mol. The van der Waals surface area contributed by atoms with Gasteiger partial charge in [-0.15, -0.1) is 0 Å². The van der Waals surface area contributed by atoms with Crippen LogP contribution in [-0.2, 0) is 0 Å². The second-order valence-corrected chi connectivity index (χ2v) is 5.60. The first kappa shape index (κ1) is 14.8. The average Bonchev–Trinajstić information content (AvgIpc) is 2.34. The minimum atomic E-state index is -0.229. The predicted molar refractivity (Wildman–Crippen MR) is 75.2 cm³/mol. The van der Waals surface area contributed by atoms with Crippen molar-refractivity contribution in [3.05, 3.63) is 54.2 Å². The molecule has 2 nitrogen and oxygen atoms in total. The Morgan fingerprint density at radius 3 is 2.33 bits per heavy atom. The van der Waals surface area contributed by atoms with Gasteiger partial charge < -0.3 is 10.2 Å². The van der Waals surface area contributed by atoms with Gasteiger partial charge in [-0.25, -0.2) is 0 Å². The lowest BCUT2D eigenvalue weighted by molar-refractivity contribution is 0.241. The standard InChI is InChI=1S/C16H23O2/c1-16(2,3)15(18)10-9-14(12-17)11-13-7-5-4-6-8-13/h4-8,10-11,14,17-18H,9,12H2,1-3H3/b15-10-. The van der Waals surface area contributed by atoms with E-state index in [1.165, 1.54) is 0 Å². The van der Waals surface area contributed by atoms with Crippen molar-refractivity contribution in [3.63, 3.8) is 0 Å². The van der Waals surface area contributed by atoms with Crippen molar-refractivity contribution in [3.8, 4) is 0 Å². The Kier molecular flexibility index (Phi) is 5.42. The zero-order chi connectivity index (χ0) is 13.6. The highest BCUT2D eigenvalue weighted by Gasteiger charge is 2.16. The fourth-order valence-corrected chi connectivity index (χ4v) is 1.60. The first-order chi connectivity index (χ1) is 8.43. The summed E-state index contributed by atoms with van der Waals surface area (Å²) >= 11 is 0. The third kappa shape index (κ3) is 4.92. The van der Waals surface area contributed by atoms with Crippen molar-refractivity contribution >= 4 is 0 Å². The Labute approximate surface area is 110 Å². The number of aliphatic hydroxyl groups excluding tert-OH is 2. The van der Waals surface area contributed by atoms with Crippen LogP contribution >= 0.6 is 0 Å². The van der Waals surface area contributed by atoms with Gasteiger partial charge in [-0.3, -0.25) is 0 Å². The molecule has 0 aliphatic heterocycles. The second-order valence-electron chi connectivity index (χ2n) is 5.60. The Balaban J connectivity index is 2.58. The lowest BCUT2D eigenvalue weighted by Gasteiger charge is -2.18. The normalized spacial score (nSPS) is 14.6. The summed E-state index contributed by atoms with van der Waals surface area (Å²) in [5.74, 6) is 0.416. The van der Waals surface area contributed by atoms with E-state index in [0.29, 0.717) is 12.2 Å². The van der Waals surface area contributed by atoms with E-state index in [2.05, 4.69) is 0 Å². The van der Waals surface area contributed by atoms with Crippen molar-refractivity contribution in [2.24, 2.45) is 11.3 Å². The van der Waals surface area contributed by atoms with Crippen LogP contribution < -0.4 is 0 Å². The molecule has 0 heterocycles. The number of allylic oxidation sites excluding steroid dienone is 2. The smallest absolute Gasteiger partial charge is 0.0936 e. The maximum atomic E-state index is 9.86. The van der Waals surface area contributed by atoms with E-state index in [9.17, 15) is 10.2 Å². The summed E-state index contributed by atoms with van der Waals surface area (Å²) in [6.45, 7) is 5.98. The molecule has 2 heteroatoms. The quantitative estimate of drug-likeness (QED) is 0.778. The number of aliphatic hydroxyl groups is 2. The van der Waals surface area contributed by atoms with Gasteiger partial charge in [0.25, 0.3) is 0 Å². The van der Waals surface area contributed by atoms with Gasteiger partial charge >= 0.3 is 0 Å². The first-order valence-electron chi connectivity index (χ1n) is 6.34. The average molecular weight is 247 g/mol. The van der Waals surface area contributed by atoms with Crippen LogP contribution in [0.4, 0.5) is 0 Å². The van der Waals surface area contributed by atoms with E-state index in [1.807, 2.05) is 57.5 Å². The van der Waals surface area contributed by atoms with Crippen molar-refractivity contribution in [2.75, 3.05) is 6.61 Å². The number of rotatable bonds is 5. The minimum Gasteiger partial charge on any atom is -0.512 e. The molecule has 1 unspecified atom stereocenters. The van der Waals surface area contributed by atoms with Crippen molar-refractivity contribution < 1.29 is 10.2 Å². The van der Waals surface area contributed by atoms with Gasteiger partial charge in [0.15, 0.2) is 0 Å². The molecular weight excluding hydrogens is 224 g/mol. The molecule has 1 aromatic rings. The van der Waals surface area contributed by atoms with Crippen LogP contribution in [0.15, 0.2) is 42.2 Å². The van der Waals surface area contributed by atoms with Crippen LogP contribution in [0.2, 0.25) is 0 Å². The van der Waals surface area contributed by atoms with Gasteiger partial charge in [0.05, 0.1) is 5.76 Å². The van der Waals surface area contributed by atoms with Gasteiger partial charge in [-0.05, 0) is 30.4 Å². The fraction of sp³-hybridized carbons (Fsp3) is 0.438. The van der Waals surface area contributed by atoms with E-state index in [-0.39, 0.29) is 17.9 Å². The molecule has 2 N–H and O–H groups in total. The molecule has 0 fully saturated rings. The highest BCUT2D eigenvalue weighted by molar-refractivity contribution is 5.23. The Hall–Kier alpha value is -1.28. The Bertz CT molecular complexity index is 374. The van der Waals surface area contributed by atoms with E-state index in [4.69, 9.17) is 0 Å². The van der Waals surface area contributed by atoms with Crippen LogP contribution in [0.25, 0.3) is 0 Å². The predicted octanol–water partition coefficient (Wildman–Crippen LogP) is 3.73. The van der Waals surface area contributed by atoms with E-state index >= 15 is 0 Å². The molecule has 0 amide bonds. The summed E-state index contributed by atoms with van der Waals surface area (Å²) in [6.07, 6.45) is 4.49. The molecule has 0 saturated carbocycles. The molecule has 0 spiro atoms. The molecule has 0 bridgehead atoms. The molecular formula is C16H23O2. The zero-order valence-corrected chi connectivity index (χ0v) is 11.4. The van der Waals surface area contributed by atoms with E-state index < -0.39 is 0 Å². The van der Waals surface area contributed by atoms with E-state index in [1.54, 1.807) is 6.08 Å². The summed E-state index contributed by atoms with van der Waals surface area (Å²) in [4.78, 5) is 0. The summed E-state index contributed by atoms with van der Waals surface area (Å²) in [6, 6.07) is 9.94. The molecule has 0 aromatic heterocycles. The lowest BCUT2D eigenvalue weighted by atomic mass is 9.90. The third-order valence-corrected chi connectivity index (χ3v) is 2.84. The molecule has 0 saturated heterocycles. The van der Waals surface area contributed by atoms with Gasteiger partial charge in [-0.1, -0.05) is 51.1 Å². The number of hydrogen-bond acceptors (Lipinski definition) is 2. The third-order valence-electron chi connectivity index (χ3n) is 2.84. The van der Waals surface area contributed by atoms with E-state index in [0.717, 1.165) is 5.56 Å². The minimum absolute atomic E-state index is 0.0388. The lowest BCUT2D eigenvalue weighted by Crippen LogP contribution is -2.11. The van der Waals surface area contributed by atoms with Gasteiger partial charge in [0.2, 0.25) is 0 Å². The van der Waals surface area contributed by atoms with Crippen LogP contribution in [0.1, 0.15) is 32.8 Å². The molecule has 18 heavy (non-hydrogen) atoms.